The molecule has 1 fully saturated rings. The number of hydrogen-bond donors (Lipinski definition) is 1. The van der Waals surface area contributed by atoms with Crippen molar-refractivity contribution in [3.63, 3.8) is 0 Å². The normalized spacial score (nSPS) is 22.6. The third-order valence-corrected chi connectivity index (χ3v) is 3.45. The zero-order valence-corrected chi connectivity index (χ0v) is 10.2. The highest BCUT2D eigenvalue weighted by molar-refractivity contribution is 7.80. The first kappa shape index (κ1) is 11.4. The Balaban J connectivity index is 2.02. The summed E-state index contributed by atoms with van der Waals surface area (Å²) >= 11 is 0. The molecule has 0 unspecified atom stereocenters. The fourth-order valence-electron chi connectivity index (χ4n) is 2.31. The zero-order valence-electron chi connectivity index (χ0n) is 9.35. The average molecular weight is 274 g/mol. The Kier molecular flexibility index (Phi) is 2.18. The monoisotopic (exact) mass is 274 g/mol. The Morgan fingerprint density at radius 1 is 1.56 bits per heavy atom. The lowest BCUT2D eigenvalue weighted by Crippen LogP contribution is -2.32. The van der Waals surface area contributed by atoms with Gasteiger partial charge in [0.05, 0.1) is 25.0 Å². The summed E-state index contributed by atoms with van der Waals surface area (Å²) in [6, 6.07) is -1.16. The summed E-state index contributed by atoms with van der Waals surface area (Å²) in [7, 11) is -2.98. The number of hydroxylamine groups is 2. The summed E-state index contributed by atoms with van der Waals surface area (Å²) in [5.74, 6) is 0. The summed E-state index contributed by atoms with van der Waals surface area (Å²) < 4.78 is 36.1. The van der Waals surface area contributed by atoms with E-state index in [9.17, 15) is 13.2 Å². The maximum absolute atomic E-state index is 11.9. The summed E-state index contributed by atoms with van der Waals surface area (Å²) in [6.45, 7) is 0.652. The van der Waals surface area contributed by atoms with Crippen LogP contribution in [0.5, 0.6) is 0 Å². The Morgan fingerprint density at radius 2 is 2.28 bits per heavy atom. The second-order valence-electron chi connectivity index (χ2n) is 4.18. The molecule has 0 radical (unpaired) electrons. The van der Waals surface area contributed by atoms with Crippen LogP contribution in [0.25, 0.3) is 0 Å². The lowest BCUT2D eigenvalue weighted by Gasteiger charge is -2.21. The molecule has 1 N–H and O–H groups in total. The predicted molar refractivity (Wildman–Crippen MR) is 56.2 cm³/mol. The van der Waals surface area contributed by atoms with Gasteiger partial charge in [0.25, 0.3) is 0 Å². The number of aromatic nitrogens is 2. The van der Waals surface area contributed by atoms with Crippen molar-refractivity contribution in [3.05, 3.63) is 17.5 Å². The molecule has 9 nitrogen and oxygen atoms in total. The van der Waals surface area contributed by atoms with Crippen LogP contribution in [0.4, 0.5) is 4.79 Å². The molecule has 2 amide bonds. The SMILES string of the molecule is Cn1ncc2c1CN1C[C@@H]2N(OS(=O)(=O)O)C1=O. The van der Waals surface area contributed by atoms with Gasteiger partial charge in [-0.25, -0.2) is 4.79 Å². The minimum absolute atomic E-state index is 0.313. The van der Waals surface area contributed by atoms with Crippen LogP contribution in [-0.4, -0.2) is 45.3 Å². The second kappa shape index (κ2) is 3.43. The fourth-order valence-corrected chi connectivity index (χ4v) is 2.68. The topological polar surface area (TPSA) is 105 Å². The van der Waals surface area contributed by atoms with Crippen LogP contribution in [0, 0.1) is 0 Å². The molecule has 0 aromatic carbocycles. The van der Waals surface area contributed by atoms with Crippen LogP contribution < -0.4 is 0 Å². The molecule has 10 heteroatoms. The number of carbonyl (C=O) groups excluding carboxylic acids is 1. The van der Waals surface area contributed by atoms with Gasteiger partial charge < -0.3 is 4.90 Å². The Labute approximate surface area is 102 Å². The lowest BCUT2D eigenvalue weighted by atomic mass is 10.1. The van der Waals surface area contributed by atoms with Gasteiger partial charge in [-0.3, -0.25) is 9.23 Å². The molecule has 3 heterocycles. The van der Waals surface area contributed by atoms with Crippen LogP contribution in [0.15, 0.2) is 6.20 Å². The van der Waals surface area contributed by atoms with Crippen molar-refractivity contribution in [1.82, 2.24) is 19.7 Å². The zero-order chi connectivity index (χ0) is 13.1. The summed E-state index contributed by atoms with van der Waals surface area (Å²) in [4.78, 5) is 13.3. The maximum Gasteiger partial charge on any atom is 0.418 e. The molecule has 1 saturated heterocycles. The quantitative estimate of drug-likeness (QED) is 0.725. The number of aryl methyl sites for hydroxylation is 1. The standard InChI is InChI=1S/C8H10N4O5S/c1-10-6-3-11-4-7(5(6)2-9-10)12(8(11)13)17-18(14,15)16/h2,7H,3-4H2,1H3,(H,14,15,16)/t7-/m0/s1. The van der Waals surface area contributed by atoms with E-state index in [4.69, 9.17) is 4.55 Å². The third-order valence-electron chi connectivity index (χ3n) is 3.10. The van der Waals surface area contributed by atoms with E-state index in [0.29, 0.717) is 18.2 Å². The Morgan fingerprint density at radius 3 is 2.94 bits per heavy atom. The molecule has 2 aliphatic rings. The highest BCUT2D eigenvalue weighted by atomic mass is 32.3. The van der Waals surface area contributed by atoms with E-state index < -0.39 is 22.5 Å². The minimum atomic E-state index is -4.72. The first-order chi connectivity index (χ1) is 8.37. The van der Waals surface area contributed by atoms with E-state index in [1.54, 1.807) is 17.9 Å². The molecule has 0 aliphatic carbocycles. The van der Waals surface area contributed by atoms with Crippen LogP contribution >= 0.6 is 0 Å². The van der Waals surface area contributed by atoms with E-state index in [1.165, 1.54) is 4.90 Å². The van der Waals surface area contributed by atoms with Gasteiger partial charge in [-0.2, -0.15) is 18.6 Å². The first-order valence-electron chi connectivity index (χ1n) is 5.13. The molecule has 0 spiro atoms. The van der Waals surface area contributed by atoms with E-state index >= 15 is 0 Å². The van der Waals surface area contributed by atoms with Gasteiger partial charge in [0.1, 0.15) is 6.04 Å². The van der Waals surface area contributed by atoms with Gasteiger partial charge in [-0.1, -0.05) is 0 Å². The van der Waals surface area contributed by atoms with Crippen molar-refractivity contribution in [2.24, 2.45) is 7.05 Å². The van der Waals surface area contributed by atoms with E-state index in [-0.39, 0.29) is 0 Å². The van der Waals surface area contributed by atoms with Gasteiger partial charge in [-0.15, -0.1) is 4.28 Å². The van der Waals surface area contributed by atoms with Gasteiger partial charge >= 0.3 is 16.4 Å². The third kappa shape index (κ3) is 1.57. The van der Waals surface area contributed by atoms with E-state index in [2.05, 4.69) is 9.38 Å². The smallest absolute Gasteiger partial charge is 0.314 e. The largest absolute Gasteiger partial charge is 0.418 e. The van der Waals surface area contributed by atoms with E-state index in [1.807, 2.05) is 0 Å². The van der Waals surface area contributed by atoms with Crippen LogP contribution in [0.2, 0.25) is 0 Å². The highest BCUT2D eigenvalue weighted by Gasteiger charge is 2.47. The molecule has 2 bridgehead atoms. The molecule has 98 valence electrons. The Bertz CT molecular complexity index is 623. The number of hydrogen-bond acceptors (Lipinski definition) is 5. The van der Waals surface area contributed by atoms with Crippen molar-refractivity contribution in [2.45, 2.75) is 12.6 Å². The van der Waals surface area contributed by atoms with Gasteiger partial charge in [0.15, 0.2) is 0 Å². The lowest BCUT2D eigenvalue weighted by molar-refractivity contribution is -0.0316. The fraction of sp³-hybridized carbons (Fsp3) is 0.500. The molecule has 1 aromatic heterocycles. The molecular formula is C8H10N4O5S. The van der Waals surface area contributed by atoms with Crippen molar-refractivity contribution in [2.75, 3.05) is 6.54 Å². The number of amides is 2. The molecule has 1 atom stereocenters. The molecule has 3 rings (SSSR count). The van der Waals surface area contributed by atoms with Gasteiger partial charge in [0.2, 0.25) is 0 Å². The second-order valence-corrected chi connectivity index (χ2v) is 5.18. The van der Waals surface area contributed by atoms with Crippen LogP contribution in [0.1, 0.15) is 17.3 Å². The van der Waals surface area contributed by atoms with Crippen molar-refractivity contribution < 1.29 is 22.0 Å². The minimum Gasteiger partial charge on any atom is -0.314 e. The average Bonchev–Trinajstić information content (AvgIpc) is 2.74. The van der Waals surface area contributed by atoms with E-state index in [0.717, 1.165) is 11.3 Å². The van der Waals surface area contributed by atoms with Crippen LogP contribution in [0.3, 0.4) is 0 Å². The first-order valence-corrected chi connectivity index (χ1v) is 6.49. The highest BCUT2D eigenvalue weighted by Crippen LogP contribution is 2.37. The molecule has 2 aliphatic heterocycles. The summed E-state index contributed by atoms with van der Waals surface area (Å²) in [6.07, 6.45) is 1.57. The molecule has 1 aromatic rings. The maximum atomic E-state index is 11.9. The summed E-state index contributed by atoms with van der Waals surface area (Å²) in [5, 5.41) is 4.73. The van der Waals surface area contributed by atoms with Gasteiger partial charge in [0, 0.05) is 12.6 Å². The van der Waals surface area contributed by atoms with Crippen molar-refractivity contribution in [3.8, 4) is 0 Å². The number of carbonyl (C=O) groups is 1. The number of urea groups is 1. The molecular weight excluding hydrogens is 264 g/mol. The van der Waals surface area contributed by atoms with Crippen molar-refractivity contribution >= 4 is 16.4 Å². The number of nitrogens with zero attached hydrogens (tertiary/aromatic N) is 4. The predicted octanol–water partition coefficient (Wildman–Crippen LogP) is -0.553. The van der Waals surface area contributed by atoms with Crippen LogP contribution in [-0.2, 0) is 28.3 Å². The number of rotatable bonds is 2. The molecule has 18 heavy (non-hydrogen) atoms. The summed E-state index contributed by atoms with van der Waals surface area (Å²) in [5.41, 5.74) is 1.55. The number of fused-ring (bicyclic) bond motifs is 4. The van der Waals surface area contributed by atoms with Crippen molar-refractivity contribution in [1.29, 1.82) is 0 Å². The Hall–Kier alpha value is -1.65. The van der Waals surface area contributed by atoms with Gasteiger partial charge in [-0.05, 0) is 0 Å². The molecule has 0 saturated carbocycles.